The van der Waals surface area contributed by atoms with Crippen LogP contribution >= 0.6 is 11.6 Å². The Bertz CT molecular complexity index is 843. The first-order valence-corrected chi connectivity index (χ1v) is 10.2. The van der Waals surface area contributed by atoms with Gasteiger partial charge in [0.1, 0.15) is 0 Å². The van der Waals surface area contributed by atoms with Crippen LogP contribution in [0, 0.1) is 0 Å². The second-order valence-electron chi connectivity index (χ2n) is 6.99. The van der Waals surface area contributed by atoms with Crippen molar-refractivity contribution in [2.24, 2.45) is 4.99 Å². The minimum absolute atomic E-state index is 0.348. The summed E-state index contributed by atoms with van der Waals surface area (Å²) >= 11 is 6.12. The van der Waals surface area contributed by atoms with Crippen LogP contribution in [0.25, 0.3) is 0 Å². The van der Waals surface area contributed by atoms with E-state index in [1.54, 1.807) is 21.3 Å². The number of halogens is 1. The molecule has 0 saturated carbocycles. The second kappa shape index (κ2) is 10.3. The Morgan fingerprint density at radius 3 is 2.72 bits per heavy atom. The molecule has 1 unspecified atom stereocenters. The number of benzene rings is 2. The fraction of sp³-hybridized carbons (Fsp3) is 0.409. The number of rotatable bonds is 7. The molecule has 0 radical (unpaired) electrons. The van der Waals surface area contributed by atoms with E-state index in [9.17, 15) is 0 Å². The Labute approximate surface area is 177 Å². The third kappa shape index (κ3) is 5.70. The van der Waals surface area contributed by atoms with Crippen LogP contribution < -0.4 is 25.0 Å². The molecule has 7 heteroatoms. The zero-order chi connectivity index (χ0) is 20.6. The summed E-state index contributed by atoms with van der Waals surface area (Å²) < 4.78 is 10.7. The molecule has 6 nitrogen and oxygen atoms in total. The molecule has 0 aromatic heterocycles. The average Bonchev–Trinajstić information content (AvgIpc) is 3.21. The van der Waals surface area contributed by atoms with Gasteiger partial charge in [0.25, 0.3) is 0 Å². The Hall–Kier alpha value is -2.60. The smallest absolute Gasteiger partial charge is 0.191 e. The summed E-state index contributed by atoms with van der Waals surface area (Å²) in [6, 6.07) is 14.4. The van der Waals surface area contributed by atoms with E-state index in [-0.39, 0.29) is 0 Å². The highest BCUT2D eigenvalue weighted by Gasteiger charge is 2.23. The molecule has 0 amide bonds. The van der Waals surface area contributed by atoms with E-state index in [0.717, 1.165) is 60.6 Å². The summed E-state index contributed by atoms with van der Waals surface area (Å²) in [7, 11) is 5.10. The predicted octanol–water partition coefficient (Wildman–Crippen LogP) is 3.34. The summed E-state index contributed by atoms with van der Waals surface area (Å²) in [6.07, 6.45) is 1.92. The fourth-order valence-corrected chi connectivity index (χ4v) is 3.72. The minimum atomic E-state index is 0.348. The molecule has 0 aliphatic carbocycles. The Morgan fingerprint density at radius 1 is 1.17 bits per heavy atom. The van der Waals surface area contributed by atoms with Gasteiger partial charge in [0.15, 0.2) is 17.5 Å². The number of methoxy groups -OCH3 is 2. The van der Waals surface area contributed by atoms with E-state index in [2.05, 4.69) is 32.7 Å². The summed E-state index contributed by atoms with van der Waals surface area (Å²) in [5, 5.41) is 7.70. The first-order valence-electron chi connectivity index (χ1n) is 9.81. The summed E-state index contributed by atoms with van der Waals surface area (Å²) in [6.45, 7) is 2.71. The molecule has 2 aromatic rings. The fourth-order valence-electron chi connectivity index (χ4n) is 3.53. The van der Waals surface area contributed by atoms with Crippen molar-refractivity contribution in [2.45, 2.75) is 18.9 Å². The molecule has 156 valence electrons. The van der Waals surface area contributed by atoms with Gasteiger partial charge in [0.05, 0.1) is 14.2 Å². The highest BCUT2D eigenvalue weighted by atomic mass is 35.5. The van der Waals surface area contributed by atoms with E-state index in [4.69, 9.17) is 21.1 Å². The van der Waals surface area contributed by atoms with Crippen molar-refractivity contribution < 1.29 is 9.47 Å². The molecule has 1 aliphatic rings. The largest absolute Gasteiger partial charge is 0.493 e. The Kier molecular flexibility index (Phi) is 7.47. The molecule has 1 aliphatic heterocycles. The lowest BCUT2D eigenvalue weighted by Crippen LogP contribution is -2.45. The van der Waals surface area contributed by atoms with Crippen LogP contribution in [0.1, 0.15) is 12.0 Å². The molecular formula is C22H29ClN4O2. The Balaban J connectivity index is 1.48. The summed E-state index contributed by atoms with van der Waals surface area (Å²) in [5.74, 6) is 2.31. The quantitative estimate of drug-likeness (QED) is 0.535. The summed E-state index contributed by atoms with van der Waals surface area (Å²) in [5.41, 5.74) is 2.34. The molecule has 1 atom stereocenters. The Morgan fingerprint density at radius 2 is 2.00 bits per heavy atom. The highest BCUT2D eigenvalue weighted by Crippen LogP contribution is 2.27. The first kappa shape index (κ1) is 21.1. The van der Waals surface area contributed by atoms with Crippen LogP contribution in [0.3, 0.4) is 0 Å². The van der Waals surface area contributed by atoms with E-state index in [1.165, 1.54) is 5.56 Å². The van der Waals surface area contributed by atoms with Crippen LogP contribution in [0.15, 0.2) is 47.5 Å². The molecule has 0 spiro atoms. The van der Waals surface area contributed by atoms with Gasteiger partial charge < -0.3 is 25.0 Å². The van der Waals surface area contributed by atoms with Gasteiger partial charge in [0, 0.05) is 43.4 Å². The maximum atomic E-state index is 6.12. The van der Waals surface area contributed by atoms with Gasteiger partial charge >= 0.3 is 0 Å². The molecule has 1 saturated heterocycles. The predicted molar refractivity (Wildman–Crippen MR) is 120 cm³/mol. The molecule has 1 heterocycles. The first-order chi connectivity index (χ1) is 14.1. The number of anilines is 1. The standard InChI is InChI=1S/C22H29ClN4O2/c1-24-22(25-11-9-16-7-8-20(28-2)21(13-16)29-3)26-18-10-12-27(15-18)19-6-4-5-17(23)14-19/h4-8,13-14,18H,9-12,15H2,1-3H3,(H2,24,25,26). The van der Waals surface area contributed by atoms with Crippen molar-refractivity contribution in [1.29, 1.82) is 0 Å². The molecule has 2 aromatic carbocycles. The van der Waals surface area contributed by atoms with Crippen LogP contribution in [-0.4, -0.2) is 52.9 Å². The maximum absolute atomic E-state index is 6.12. The monoisotopic (exact) mass is 416 g/mol. The maximum Gasteiger partial charge on any atom is 0.191 e. The zero-order valence-electron chi connectivity index (χ0n) is 17.2. The number of guanidine groups is 1. The van der Waals surface area contributed by atoms with Gasteiger partial charge in [-0.1, -0.05) is 23.7 Å². The van der Waals surface area contributed by atoms with Gasteiger partial charge in [-0.15, -0.1) is 0 Å². The van der Waals surface area contributed by atoms with Crippen LogP contribution in [-0.2, 0) is 6.42 Å². The molecular weight excluding hydrogens is 388 g/mol. The lowest BCUT2D eigenvalue weighted by Gasteiger charge is -2.20. The third-order valence-electron chi connectivity index (χ3n) is 5.08. The number of aliphatic imine (C=N–C) groups is 1. The van der Waals surface area contributed by atoms with Crippen LogP contribution in [0.2, 0.25) is 5.02 Å². The van der Waals surface area contributed by atoms with Crippen molar-refractivity contribution in [3.8, 4) is 11.5 Å². The van der Waals surface area contributed by atoms with Crippen molar-refractivity contribution in [3.05, 3.63) is 53.1 Å². The highest BCUT2D eigenvalue weighted by molar-refractivity contribution is 6.30. The topological polar surface area (TPSA) is 58.1 Å². The lowest BCUT2D eigenvalue weighted by molar-refractivity contribution is 0.354. The normalized spacial score (nSPS) is 16.6. The van der Waals surface area contributed by atoms with Crippen molar-refractivity contribution >= 4 is 23.2 Å². The van der Waals surface area contributed by atoms with Gasteiger partial charge in [-0.05, 0) is 48.7 Å². The van der Waals surface area contributed by atoms with Gasteiger partial charge in [0.2, 0.25) is 0 Å². The van der Waals surface area contributed by atoms with Gasteiger partial charge in [-0.3, -0.25) is 4.99 Å². The molecule has 0 bridgehead atoms. The molecule has 2 N–H and O–H groups in total. The number of hydrogen-bond donors (Lipinski definition) is 2. The van der Waals surface area contributed by atoms with Gasteiger partial charge in [-0.25, -0.2) is 0 Å². The average molecular weight is 417 g/mol. The van der Waals surface area contributed by atoms with Crippen molar-refractivity contribution in [1.82, 2.24) is 10.6 Å². The van der Waals surface area contributed by atoms with Crippen LogP contribution in [0.4, 0.5) is 5.69 Å². The number of ether oxygens (including phenoxy) is 2. The van der Waals surface area contributed by atoms with Crippen molar-refractivity contribution in [3.63, 3.8) is 0 Å². The van der Waals surface area contributed by atoms with Gasteiger partial charge in [-0.2, -0.15) is 0 Å². The molecule has 3 rings (SSSR count). The van der Waals surface area contributed by atoms with Crippen LogP contribution in [0.5, 0.6) is 11.5 Å². The second-order valence-corrected chi connectivity index (χ2v) is 7.43. The lowest BCUT2D eigenvalue weighted by atomic mass is 10.1. The SMILES string of the molecule is CN=C(NCCc1ccc(OC)c(OC)c1)NC1CCN(c2cccc(Cl)c2)C1. The van der Waals surface area contributed by atoms with E-state index < -0.39 is 0 Å². The number of nitrogens with zero attached hydrogens (tertiary/aromatic N) is 2. The minimum Gasteiger partial charge on any atom is -0.493 e. The van der Waals surface area contributed by atoms with E-state index in [0.29, 0.717) is 6.04 Å². The van der Waals surface area contributed by atoms with E-state index in [1.807, 2.05) is 30.3 Å². The number of hydrogen-bond acceptors (Lipinski definition) is 4. The van der Waals surface area contributed by atoms with E-state index >= 15 is 0 Å². The molecule has 1 fully saturated rings. The molecule has 29 heavy (non-hydrogen) atoms. The zero-order valence-corrected chi connectivity index (χ0v) is 18.0. The summed E-state index contributed by atoms with van der Waals surface area (Å²) in [4.78, 5) is 6.71. The number of nitrogens with one attached hydrogen (secondary N) is 2. The third-order valence-corrected chi connectivity index (χ3v) is 5.32. The van der Waals surface area contributed by atoms with Crippen molar-refractivity contribution in [2.75, 3.05) is 45.8 Å².